The van der Waals surface area contributed by atoms with E-state index >= 15 is 0 Å². The zero-order valence-corrected chi connectivity index (χ0v) is 22.0. The quantitative estimate of drug-likeness (QED) is 0.313. The number of likely N-dealkylation sites (tertiary alicyclic amines) is 1. The largest absolute Gasteiger partial charge is 0.471 e. The monoisotopic (exact) mass is 487 g/mol. The molecule has 34 heavy (non-hydrogen) atoms. The van der Waals surface area contributed by atoms with Crippen molar-refractivity contribution < 1.29 is 19.1 Å². The molecular weight excluding hydrogens is 450 g/mol. The van der Waals surface area contributed by atoms with E-state index in [-0.39, 0.29) is 24.0 Å². The molecule has 1 atom stereocenters. The number of carbonyl (C=O) groups is 2. The summed E-state index contributed by atoms with van der Waals surface area (Å²) >= 11 is 0. The first-order valence-corrected chi connectivity index (χ1v) is 15.6. The van der Waals surface area contributed by atoms with Gasteiger partial charge in [-0.3, -0.25) is 9.59 Å². The van der Waals surface area contributed by atoms with Gasteiger partial charge in [-0.2, -0.15) is 0 Å². The van der Waals surface area contributed by atoms with Crippen LogP contribution in [0.2, 0.25) is 25.7 Å². The summed E-state index contributed by atoms with van der Waals surface area (Å²) in [6.07, 6.45) is 6.10. The fourth-order valence-corrected chi connectivity index (χ4v) is 4.53. The summed E-state index contributed by atoms with van der Waals surface area (Å²) in [6.45, 7) is 16.4. The molecule has 1 fully saturated rings. The Morgan fingerprint density at radius 3 is 2.79 bits per heavy atom. The number of aromatic nitrogens is 3. The van der Waals surface area contributed by atoms with Crippen LogP contribution >= 0.6 is 0 Å². The van der Waals surface area contributed by atoms with E-state index in [1.807, 2.05) is 18.4 Å². The maximum absolute atomic E-state index is 12.9. The Kier molecular flexibility index (Phi) is 8.48. The Bertz CT molecular complexity index is 1030. The lowest BCUT2D eigenvalue weighted by molar-refractivity contribution is -0.128. The smallest absolute Gasteiger partial charge is 0.255 e. The highest BCUT2D eigenvalue weighted by Crippen LogP contribution is 2.23. The minimum Gasteiger partial charge on any atom is -0.471 e. The Morgan fingerprint density at radius 1 is 1.35 bits per heavy atom. The molecule has 186 valence electrons. The average Bonchev–Trinajstić information content (AvgIpc) is 3.13. The number of hydrogen-bond acceptors (Lipinski definition) is 6. The van der Waals surface area contributed by atoms with Crippen LogP contribution in [0.5, 0.6) is 5.88 Å². The van der Waals surface area contributed by atoms with E-state index in [0.717, 1.165) is 18.9 Å². The summed E-state index contributed by atoms with van der Waals surface area (Å²) in [6, 6.07) is 1.05. The first kappa shape index (κ1) is 25.9. The Balaban J connectivity index is 1.81. The van der Waals surface area contributed by atoms with Crippen molar-refractivity contribution in [3.8, 4) is 5.88 Å². The predicted octanol–water partition coefficient (Wildman–Crippen LogP) is 3.44. The SMILES string of the molecule is C=CC(=O)N1CCCC(Oc2cnc3c(n2)c(C(=O)NC(C)C)cn3COCC[Si](C)(C)C)C1. The number of hydrogen-bond donors (Lipinski definition) is 1. The second kappa shape index (κ2) is 11.1. The van der Waals surface area contributed by atoms with Crippen molar-refractivity contribution in [1.29, 1.82) is 0 Å². The third-order valence-electron chi connectivity index (χ3n) is 5.59. The van der Waals surface area contributed by atoms with Crippen molar-refractivity contribution in [3.05, 3.63) is 30.6 Å². The van der Waals surface area contributed by atoms with Crippen LogP contribution in [0.1, 0.15) is 37.0 Å². The van der Waals surface area contributed by atoms with Gasteiger partial charge in [0, 0.05) is 33.5 Å². The predicted molar refractivity (Wildman–Crippen MR) is 135 cm³/mol. The molecule has 0 aliphatic carbocycles. The van der Waals surface area contributed by atoms with Gasteiger partial charge in [0.05, 0.1) is 18.3 Å². The molecule has 2 aromatic heterocycles. The summed E-state index contributed by atoms with van der Waals surface area (Å²) in [5, 5.41) is 2.93. The van der Waals surface area contributed by atoms with E-state index in [0.29, 0.717) is 49.0 Å². The molecule has 10 heteroatoms. The number of nitrogens with one attached hydrogen (secondary N) is 1. The van der Waals surface area contributed by atoms with Gasteiger partial charge in [-0.25, -0.2) is 9.97 Å². The average molecular weight is 488 g/mol. The van der Waals surface area contributed by atoms with Gasteiger partial charge in [-0.15, -0.1) is 0 Å². The van der Waals surface area contributed by atoms with Crippen molar-refractivity contribution in [1.82, 2.24) is 24.8 Å². The maximum Gasteiger partial charge on any atom is 0.255 e. The molecule has 1 saturated heterocycles. The molecule has 0 saturated carbocycles. The van der Waals surface area contributed by atoms with Crippen LogP contribution in [0.15, 0.2) is 25.0 Å². The van der Waals surface area contributed by atoms with E-state index < -0.39 is 8.07 Å². The van der Waals surface area contributed by atoms with Crippen LogP contribution in [0.4, 0.5) is 0 Å². The van der Waals surface area contributed by atoms with Gasteiger partial charge in [-0.1, -0.05) is 26.2 Å². The van der Waals surface area contributed by atoms with Gasteiger partial charge in [0.2, 0.25) is 11.8 Å². The number of amides is 2. The second-order valence-corrected chi connectivity index (χ2v) is 15.9. The van der Waals surface area contributed by atoms with Gasteiger partial charge < -0.3 is 24.3 Å². The first-order valence-electron chi connectivity index (χ1n) is 11.9. The summed E-state index contributed by atoms with van der Waals surface area (Å²) in [5.41, 5.74) is 1.48. The number of nitrogens with zero attached hydrogens (tertiary/aromatic N) is 4. The topological polar surface area (TPSA) is 98.6 Å². The lowest BCUT2D eigenvalue weighted by Crippen LogP contribution is -2.43. The zero-order chi connectivity index (χ0) is 24.9. The molecule has 1 unspecified atom stereocenters. The van der Waals surface area contributed by atoms with Gasteiger partial charge >= 0.3 is 0 Å². The highest BCUT2D eigenvalue weighted by molar-refractivity contribution is 6.76. The first-order chi connectivity index (χ1) is 16.1. The number of fused-ring (bicyclic) bond motifs is 1. The highest BCUT2D eigenvalue weighted by atomic mass is 28.3. The lowest BCUT2D eigenvalue weighted by Gasteiger charge is -2.31. The van der Waals surface area contributed by atoms with E-state index in [9.17, 15) is 9.59 Å². The van der Waals surface area contributed by atoms with Gasteiger partial charge in [0.25, 0.3) is 5.91 Å². The van der Waals surface area contributed by atoms with E-state index in [1.165, 1.54) is 6.08 Å². The number of ether oxygens (including phenoxy) is 2. The van der Waals surface area contributed by atoms with E-state index in [1.54, 1.807) is 17.3 Å². The lowest BCUT2D eigenvalue weighted by atomic mass is 10.1. The fraction of sp³-hybridized carbons (Fsp3) is 0.583. The molecule has 3 rings (SSSR count). The van der Waals surface area contributed by atoms with Crippen molar-refractivity contribution in [2.45, 2.75) is 71.3 Å². The normalized spacial score (nSPS) is 16.6. The molecule has 0 radical (unpaired) electrons. The molecule has 0 spiro atoms. The summed E-state index contributed by atoms with van der Waals surface area (Å²) in [7, 11) is -1.20. The van der Waals surface area contributed by atoms with Gasteiger partial charge in [0.1, 0.15) is 18.4 Å². The van der Waals surface area contributed by atoms with Crippen molar-refractivity contribution in [2.75, 3.05) is 19.7 Å². The summed E-state index contributed by atoms with van der Waals surface area (Å²) in [4.78, 5) is 35.8. The Labute approximate surface area is 202 Å². The van der Waals surface area contributed by atoms with Crippen LogP contribution < -0.4 is 10.1 Å². The molecule has 0 aromatic carbocycles. The standard InChI is InChI=1S/C24H37N5O4Si/c1-7-21(30)28-10-8-9-18(14-28)33-20-13-25-23-22(27-20)19(24(31)26-17(2)3)15-29(23)16-32-11-12-34(4,5)6/h7,13,15,17-18H,1,8-12,14,16H2,2-6H3,(H,26,31). The van der Waals surface area contributed by atoms with Gasteiger partial charge in [0.15, 0.2) is 5.65 Å². The third-order valence-corrected chi connectivity index (χ3v) is 7.29. The van der Waals surface area contributed by atoms with Crippen LogP contribution in [-0.2, 0) is 16.3 Å². The third kappa shape index (κ3) is 6.89. The van der Waals surface area contributed by atoms with Crippen LogP contribution in [-0.4, -0.2) is 71.2 Å². The van der Waals surface area contributed by atoms with Crippen molar-refractivity contribution >= 4 is 31.1 Å². The highest BCUT2D eigenvalue weighted by Gasteiger charge is 2.25. The maximum atomic E-state index is 12.9. The molecule has 0 bridgehead atoms. The summed E-state index contributed by atoms with van der Waals surface area (Å²) in [5.74, 6) is 0.0165. The van der Waals surface area contributed by atoms with Crippen LogP contribution in [0.25, 0.3) is 11.2 Å². The second-order valence-electron chi connectivity index (χ2n) is 10.2. The molecular formula is C24H37N5O4Si. The van der Waals surface area contributed by atoms with E-state index in [4.69, 9.17) is 9.47 Å². The molecule has 2 aromatic rings. The van der Waals surface area contributed by atoms with Gasteiger partial charge in [-0.05, 0) is 38.8 Å². The van der Waals surface area contributed by atoms with E-state index in [2.05, 4.69) is 41.5 Å². The minimum atomic E-state index is -1.20. The minimum absolute atomic E-state index is 0.0121. The molecule has 1 aliphatic rings. The number of carbonyl (C=O) groups excluding carboxylic acids is 2. The number of piperidine rings is 1. The molecule has 1 N–H and O–H groups in total. The molecule has 1 aliphatic heterocycles. The molecule has 3 heterocycles. The Morgan fingerprint density at radius 2 is 2.12 bits per heavy atom. The van der Waals surface area contributed by atoms with Crippen LogP contribution in [0, 0.1) is 0 Å². The zero-order valence-electron chi connectivity index (χ0n) is 21.0. The van der Waals surface area contributed by atoms with Crippen LogP contribution in [0.3, 0.4) is 0 Å². The Hall–Kier alpha value is -2.72. The van der Waals surface area contributed by atoms with Crippen molar-refractivity contribution in [2.24, 2.45) is 0 Å². The molecule has 2 amide bonds. The number of rotatable bonds is 10. The van der Waals surface area contributed by atoms with Crippen molar-refractivity contribution in [3.63, 3.8) is 0 Å². The fourth-order valence-electron chi connectivity index (χ4n) is 3.77. The molecule has 9 nitrogen and oxygen atoms in total. The summed E-state index contributed by atoms with van der Waals surface area (Å²) < 4.78 is 13.8.